The summed E-state index contributed by atoms with van der Waals surface area (Å²) in [4.78, 5) is 18.5. The van der Waals surface area contributed by atoms with Gasteiger partial charge in [-0.3, -0.25) is 4.79 Å². The lowest BCUT2D eigenvalue weighted by Gasteiger charge is -2.34. The zero-order valence-electron chi connectivity index (χ0n) is 16.5. The predicted molar refractivity (Wildman–Crippen MR) is 115 cm³/mol. The van der Waals surface area contributed by atoms with Crippen LogP contribution in [-0.2, 0) is 13.0 Å². The van der Waals surface area contributed by atoms with Gasteiger partial charge in [-0.1, -0.05) is 17.7 Å². The number of hydrogen-bond acceptors (Lipinski definition) is 4. The first kappa shape index (κ1) is 19.7. The van der Waals surface area contributed by atoms with Gasteiger partial charge in [0.15, 0.2) is 5.06 Å². The van der Waals surface area contributed by atoms with E-state index in [1.807, 2.05) is 17.0 Å². The highest BCUT2D eigenvalue weighted by Crippen LogP contribution is 2.35. The molecule has 2 aliphatic heterocycles. The SMILES string of the molecule is CC(C)N1CCC(Oc2cc3c(s2)CN(C(=O)c2cccc(Cl)c2)CC3)CC1. The monoisotopic (exact) mass is 418 g/mol. The molecule has 1 aromatic carbocycles. The van der Waals surface area contributed by atoms with Crippen molar-refractivity contribution in [3.05, 3.63) is 51.4 Å². The summed E-state index contributed by atoms with van der Waals surface area (Å²) in [6.45, 7) is 8.11. The fourth-order valence-corrected chi connectivity index (χ4v) is 5.33. The summed E-state index contributed by atoms with van der Waals surface area (Å²) in [6, 6.07) is 9.99. The molecule has 1 aromatic heterocycles. The van der Waals surface area contributed by atoms with Crippen LogP contribution in [0.3, 0.4) is 0 Å². The molecule has 4 nitrogen and oxygen atoms in total. The Morgan fingerprint density at radius 3 is 2.71 bits per heavy atom. The molecule has 2 aromatic rings. The molecule has 4 rings (SSSR count). The predicted octanol–water partition coefficient (Wildman–Crippen LogP) is 4.85. The highest BCUT2D eigenvalue weighted by molar-refractivity contribution is 7.14. The third kappa shape index (κ3) is 4.37. The molecule has 0 aliphatic carbocycles. The molecule has 6 heteroatoms. The molecule has 1 amide bonds. The Labute approximate surface area is 176 Å². The number of carbonyl (C=O) groups excluding carboxylic acids is 1. The maximum absolute atomic E-state index is 12.8. The van der Waals surface area contributed by atoms with E-state index in [4.69, 9.17) is 16.3 Å². The van der Waals surface area contributed by atoms with Crippen LogP contribution >= 0.6 is 22.9 Å². The minimum atomic E-state index is 0.0464. The highest BCUT2D eigenvalue weighted by atomic mass is 35.5. The first-order valence-corrected chi connectivity index (χ1v) is 11.3. The second-order valence-electron chi connectivity index (χ2n) is 7.95. The fraction of sp³-hybridized carbons (Fsp3) is 0.500. The molecule has 0 atom stereocenters. The van der Waals surface area contributed by atoms with Crippen LogP contribution in [0.2, 0.25) is 5.02 Å². The van der Waals surface area contributed by atoms with E-state index >= 15 is 0 Å². The smallest absolute Gasteiger partial charge is 0.254 e. The summed E-state index contributed by atoms with van der Waals surface area (Å²) in [5, 5.41) is 1.60. The van der Waals surface area contributed by atoms with Gasteiger partial charge in [-0.05, 0) is 62.9 Å². The van der Waals surface area contributed by atoms with Crippen molar-refractivity contribution in [1.29, 1.82) is 0 Å². The number of ether oxygens (including phenoxy) is 1. The lowest BCUT2D eigenvalue weighted by Crippen LogP contribution is -2.41. The lowest BCUT2D eigenvalue weighted by molar-refractivity contribution is 0.0737. The van der Waals surface area contributed by atoms with Gasteiger partial charge in [0.2, 0.25) is 0 Å². The van der Waals surface area contributed by atoms with E-state index < -0.39 is 0 Å². The zero-order chi connectivity index (χ0) is 19.7. The molecule has 150 valence electrons. The number of rotatable bonds is 4. The summed E-state index contributed by atoms with van der Waals surface area (Å²) >= 11 is 7.74. The number of benzene rings is 1. The van der Waals surface area contributed by atoms with Gasteiger partial charge in [-0.15, -0.1) is 11.3 Å². The van der Waals surface area contributed by atoms with Crippen LogP contribution in [0.25, 0.3) is 0 Å². The van der Waals surface area contributed by atoms with Crippen molar-refractivity contribution >= 4 is 28.8 Å². The first-order chi connectivity index (χ1) is 13.5. The fourth-order valence-electron chi connectivity index (χ4n) is 4.00. The summed E-state index contributed by atoms with van der Waals surface area (Å²) in [5.74, 6) is 0.0464. The Hall–Kier alpha value is -1.56. The molecule has 28 heavy (non-hydrogen) atoms. The summed E-state index contributed by atoms with van der Waals surface area (Å²) in [7, 11) is 0. The molecular weight excluding hydrogens is 392 g/mol. The first-order valence-electron chi connectivity index (χ1n) is 10.1. The van der Waals surface area contributed by atoms with Gasteiger partial charge >= 0.3 is 0 Å². The van der Waals surface area contributed by atoms with Crippen molar-refractivity contribution in [2.45, 2.75) is 51.8 Å². The Morgan fingerprint density at radius 1 is 1.21 bits per heavy atom. The molecule has 1 fully saturated rings. The van der Waals surface area contributed by atoms with Crippen LogP contribution in [-0.4, -0.2) is 47.5 Å². The second-order valence-corrected chi connectivity index (χ2v) is 9.48. The number of halogens is 1. The minimum Gasteiger partial charge on any atom is -0.481 e. The molecule has 1 saturated heterocycles. The van der Waals surface area contributed by atoms with Crippen molar-refractivity contribution in [3.8, 4) is 5.06 Å². The van der Waals surface area contributed by atoms with Crippen molar-refractivity contribution < 1.29 is 9.53 Å². The quantitative estimate of drug-likeness (QED) is 0.711. The molecular formula is C22H27ClN2O2S. The molecule has 2 aliphatic rings. The lowest BCUT2D eigenvalue weighted by atomic mass is 10.1. The van der Waals surface area contributed by atoms with E-state index in [-0.39, 0.29) is 5.91 Å². The number of hydrogen-bond donors (Lipinski definition) is 0. The van der Waals surface area contributed by atoms with Crippen molar-refractivity contribution in [1.82, 2.24) is 9.80 Å². The van der Waals surface area contributed by atoms with Gasteiger partial charge in [0.1, 0.15) is 6.10 Å². The largest absolute Gasteiger partial charge is 0.481 e. The van der Waals surface area contributed by atoms with Crippen LogP contribution in [0, 0.1) is 0 Å². The second kappa shape index (κ2) is 8.44. The number of carbonyl (C=O) groups is 1. The zero-order valence-corrected chi connectivity index (χ0v) is 18.1. The van der Waals surface area contributed by atoms with Crippen molar-refractivity contribution in [2.75, 3.05) is 19.6 Å². The van der Waals surface area contributed by atoms with E-state index in [0.717, 1.165) is 44.0 Å². The van der Waals surface area contributed by atoms with Crippen molar-refractivity contribution in [2.24, 2.45) is 0 Å². The van der Waals surface area contributed by atoms with E-state index in [0.29, 0.717) is 29.3 Å². The Kier molecular flexibility index (Phi) is 5.95. The molecule has 0 N–H and O–H groups in total. The minimum absolute atomic E-state index is 0.0464. The average Bonchev–Trinajstić information content (AvgIpc) is 3.09. The average molecular weight is 419 g/mol. The van der Waals surface area contributed by atoms with E-state index in [2.05, 4.69) is 24.8 Å². The van der Waals surface area contributed by atoms with Gasteiger partial charge in [-0.25, -0.2) is 0 Å². The van der Waals surface area contributed by atoms with E-state index in [1.54, 1.807) is 23.5 Å². The van der Waals surface area contributed by atoms with Crippen LogP contribution in [0.15, 0.2) is 30.3 Å². The van der Waals surface area contributed by atoms with E-state index in [9.17, 15) is 4.79 Å². The van der Waals surface area contributed by atoms with Crippen LogP contribution in [0.5, 0.6) is 5.06 Å². The van der Waals surface area contributed by atoms with Gasteiger partial charge < -0.3 is 14.5 Å². The third-order valence-electron chi connectivity index (χ3n) is 5.71. The Morgan fingerprint density at radius 2 is 2.00 bits per heavy atom. The third-order valence-corrected chi connectivity index (χ3v) is 7.00. The maximum atomic E-state index is 12.8. The normalized spacial score (nSPS) is 18.4. The molecule has 3 heterocycles. The van der Waals surface area contributed by atoms with Crippen molar-refractivity contribution in [3.63, 3.8) is 0 Å². The number of thiophene rings is 1. The van der Waals surface area contributed by atoms with Crippen LogP contribution < -0.4 is 4.74 Å². The topological polar surface area (TPSA) is 32.8 Å². The summed E-state index contributed by atoms with van der Waals surface area (Å²) in [6.07, 6.45) is 3.35. The standard InChI is InChI=1S/C22H27ClN2O2S/c1-15(2)24-10-7-19(8-11-24)27-21-13-16-6-9-25(14-20(16)28-21)22(26)17-4-3-5-18(23)12-17/h3-5,12-13,15,19H,6-11,14H2,1-2H3. The molecule has 0 unspecified atom stereocenters. The number of nitrogens with zero attached hydrogens (tertiary/aromatic N) is 2. The number of fused-ring (bicyclic) bond motifs is 1. The highest BCUT2D eigenvalue weighted by Gasteiger charge is 2.26. The molecule has 0 saturated carbocycles. The van der Waals surface area contributed by atoms with Crippen LogP contribution in [0.4, 0.5) is 0 Å². The number of amides is 1. The molecule has 0 radical (unpaired) electrons. The Bertz CT molecular complexity index is 843. The summed E-state index contributed by atoms with van der Waals surface area (Å²) in [5.41, 5.74) is 1.98. The van der Waals surface area contributed by atoms with E-state index in [1.165, 1.54) is 10.4 Å². The van der Waals surface area contributed by atoms with Gasteiger partial charge in [0.25, 0.3) is 5.91 Å². The number of piperidine rings is 1. The van der Waals surface area contributed by atoms with Crippen LogP contribution in [0.1, 0.15) is 47.5 Å². The molecule has 0 spiro atoms. The maximum Gasteiger partial charge on any atom is 0.254 e. The van der Waals surface area contributed by atoms with Gasteiger partial charge in [-0.2, -0.15) is 0 Å². The Balaban J connectivity index is 1.38. The number of likely N-dealkylation sites (tertiary alicyclic amines) is 1. The summed E-state index contributed by atoms with van der Waals surface area (Å²) < 4.78 is 6.30. The molecule has 0 bridgehead atoms. The van der Waals surface area contributed by atoms with Gasteiger partial charge in [0, 0.05) is 41.1 Å². The van der Waals surface area contributed by atoms with Gasteiger partial charge in [0.05, 0.1) is 6.54 Å².